The average Bonchev–Trinajstić information content (AvgIpc) is 2.27. The van der Waals surface area contributed by atoms with Crippen molar-refractivity contribution in [1.29, 1.82) is 0 Å². The van der Waals surface area contributed by atoms with Crippen LogP contribution in [0.2, 0.25) is 0 Å². The Labute approximate surface area is 114 Å². The Morgan fingerprint density at radius 3 is 2.53 bits per heavy atom. The SMILES string of the molecule is COCCNC(=O)NC(=O)CN1CC(C)NC(C)C1. The minimum atomic E-state index is -0.474. The molecule has 0 aromatic rings. The number of ether oxygens (including phenoxy) is 1. The first-order valence-corrected chi connectivity index (χ1v) is 6.56. The summed E-state index contributed by atoms with van der Waals surface area (Å²) >= 11 is 0. The number of carbonyl (C=O) groups excluding carboxylic acids is 2. The van der Waals surface area contributed by atoms with Gasteiger partial charge in [0.15, 0.2) is 0 Å². The maximum Gasteiger partial charge on any atom is 0.321 e. The number of urea groups is 1. The third kappa shape index (κ3) is 6.51. The van der Waals surface area contributed by atoms with Crippen molar-refractivity contribution in [1.82, 2.24) is 20.9 Å². The second-order valence-electron chi connectivity index (χ2n) is 4.96. The van der Waals surface area contributed by atoms with E-state index in [0.717, 1.165) is 13.1 Å². The van der Waals surface area contributed by atoms with Crippen molar-refractivity contribution in [3.8, 4) is 0 Å². The van der Waals surface area contributed by atoms with E-state index in [0.29, 0.717) is 25.2 Å². The van der Waals surface area contributed by atoms with Crippen LogP contribution in [0.4, 0.5) is 4.79 Å². The van der Waals surface area contributed by atoms with Gasteiger partial charge in [-0.3, -0.25) is 15.0 Å². The molecule has 0 radical (unpaired) electrons. The number of nitrogens with zero attached hydrogens (tertiary/aromatic N) is 1. The molecule has 19 heavy (non-hydrogen) atoms. The van der Waals surface area contributed by atoms with Crippen LogP contribution in [0.5, 0.6) is 0 Å². The molecule has 1 rings (SSSR count). The van der Waals surface area contributed by atoms with Gasteiger partial charge in [0.05, 0.1) is 13.2 Å². The summed E-state index contributed by atoms with van der Waals surface area (Å²) in [7, 11) is 1.55. The molecule has 1 aliphatic heterocycles. The molecular formula is C12H24N4O3. The number of methoxy groups -OCH3 is 1. The largest absolute Gasteiger partial charge is 0.383 e. The van der Waals surface area contributed by atoms with Crippen molar-refractivity contribution in [2.45, 2.75) is 25.9 Å². The van der Waals surface area contributed by atoms with Gasteiger partial charge < -0.3 is 15.4 Å². The van der Waals surface area contributed by atoms with Gasteiger partial charge in [-0.2, -0.15) is 0 Å². The lowest BCUT2D eigenvalue weighted by Crippen LogP contribution is -2.56. The quantitative estimate of drug-likeness (QED) is 0.567. The number of hydrogen-bond acceptors (Lipinski definition) is 5. The van der Waals surface area contributed by atoms with E-state index >= 15 is 0 Å². The molecule has 0 aromatic heterocycles. The first kappa shape index (κ1) is 15.9. The first-order chi connectivity index (χ1) is 9.01. The molecule has 1 saturated heterocycles. The minimum Gasteiger partial charge on any atom is -0.383 e. The lowest BCUT2D eigenvalue weighted by molar-refractivity contribution is -0.121. The number of piperazine rings is 1. The zero-order valence-corrected chi connectivity index (χ0v) is 11.9. The van der Waals surface area contributed by atoms with Crippen molar-refractivity contribution >= 4 is 11.9 Å². The van der Waals surface area contributed by atoms with E-state index in [9.17, 15) is 9.59 Å². The van der Waals surface area contributed by atoms with E-state index in [1.807, 2.05) is 4.90 Å². The van der Waals surface area contributed by atoms with Crippen LogP contribution in [0.1, 0.15) is 13.8 Å². The standard InChI is InChI=1S/C12H24N4O3/c1-9-6-16(7-10(2)14-9)8-11(17)15-12(18)13-4-5-19-3/h9-10,14H,4-8H2,1-3H3,(H2,13,15,17,18). The summed E-state index contributed by atoms with van der Waals surface area (Å²) in [6, 6.07) is 0.234. The van der Waals surface area contributed by atoms with Crippen molar-refractivity contribution in [3.05, 3.63) is 0 Å². The van der Waals surface area contributed by atoms with Gasteiger partial charge in [-0.05, 0) is 13.8 Å². The highest BCUT2D eigenvalue weighted by Gasteiger charge is 2.22. The fourth-order valence-electron chi connectivity index (χ4n) is 2.25. The van der Waals surface area contributed by atoms with Crippen LogP contribution in [0.25, 0.3) is 0 Å². The highest BCUT2D eigenvalue weighted by atomic mass is 16.5. The van der Waals surface area contributed by atoms with Gasteiger partial charge >= 0.3 is 6.03 Å². The zero-order valence-electron chi connectivity index (χ0n) is 11.9. The molecule has 110 valence electrons. The Hall–Kier alpha value is -1.18. The molecule has 0 aliphatic carbocycles. The Kier molecular flexibility index (Phi) is 6.75. The fourth-order valence-corrected chi connectivity index (χ4v) is 2.25. The third-order valence-electron chi connectivity index (χ3n) is 2.85. The second kappa shape index (κ2) is 8.08. The van der Waals surface area contributed by atoms with Crippen LogP contribution < -0.4 is 16.0 Å². The van der Waals surface area contributed by atoms with Gasteiger partial charge in [0.25, 0.3) is 0 Å². The van der Waals surface area contributed by atoms with Gasteiger partial charge in [0, 0.05) is 38.8 Å². The van der Waals surface area contributed by atoms with E-state index in [2.05, 4.69) is 29.8 Å². The predicted molar refractivity (Wildman–Crippen MR) is 71.9 cm³/mol. The molecule has 3 amide bonds. The van der Waals surface area contributed by atoms with Crippen LogP contribution in [0.15, 0.2) is 0 Å². The fraction of sp³-hybridized carbons (Fsp3) is 0.833. The van der Waals surface area contributed by atoms with Gasteiger partial charge in [-0.1, -0.05) is 0 Å². The molecular weight excluding hydrogens is 248 g/mol. The summed E-state index contributed by atoms with van der Waals surface area (Å²) in [6.07, 6.45) is 0. The monoisotopic (exact) mass is 272 g/mol. The highest BCUT2D eigenvalue weighted by molar-refractivity contribution is 5.95. The lowest BCUT2D eigenvalue weighted by atomic mass is 10.1. The molecule has 0 aromatic carbocycles. The molecule has 0 bridgehead atoms. The van der Waals surface area contributed by atoms with Crippen LogP contribution in [0, 0.1) is 0 Å². The van der Waals surface area contributed by atoms with E-state index in [1.54, 1.807) is 7.11 Å². The Morgan fingerprint density at radius 2 is 1.95 bits per heavy atom. The summed E-state index contributed by atoms with van der Waals surface area (Å²) in [6.45, 7) is 6.84. The average molecular weight is 272 g/mol. The Bertz CT molecular complexity index is 301. The molecule has 1 heterocycles. The molecule has 3 N–H and O–H groups in total. The van der Waals surface area contributed by atoms with Gasteiger partial charge in [0.1, 0.15) is 0 Å². The number of amides is 3. The molecule has 1 aliphatic rings. The molecule has 1 fully saturated rings. The normalized spacial score (nSPS) is 23.9. The van der Waals surface area contributed by atoms with Gasteiger partial charge in [-0.15, -0.1) is 0 Å². The smallest absolute Gasteiger partial charge is 0.321 e. The van der Waals surface area contributed by atoms with E-state index < -0.39 is 6.03 Å². The van der Waals surface area contributed by atoms with E-state index in [4.69, 9.17) is 4.74 Å². The minimum absolute atomic E-state index is 0.244. The third-order valence-corrected chi connectivity index (χ3v) is 2.85. The molecule has 7 heteroatoms. The predicted octanol–water partition coefficient (Wildman–Crippen LogP) is -0.859. The van der Waals surface area contributed by atoms with Crippen molar-refractivity contribution in [2.24, 2.45) is 0 Å². The van der Waals surface area contributed by atoms with E-state index in [1.165, 1.54) is 0 Å². The molecule has 2 unspecified atom stereocenters. The van der Waals surface area contributed by atoms with Crippen LogP contribution >= 0.6 is 0 Å². The lowest BCUT2D eigenvalue weighted by Gasteiger charge is -2.35. The van der Waals surface area contributed by atoms with Crippen LogP contribution in [0.3, 0.4) is 0 Å². The molecule has 7 nitrogen and oxygen atoms in total. The van der Waals surface area contributed by atoms with E-state index in [-0.39, 0.29) is 12.5 Å². The first-order valence-electron chi connectivity index (χ1n) is 6.56. The van der Waals surface area contributed by atoms with Gasteiger partial charge in [-0.25, -0.2) is 4.79 Å². The second-order valence-corrected chi connectivity index (χ2v) is 4.96. The zero-order chi connectivity index (χ0) is 14.3. The van der Waals surface area contributed by atoms with Crippen molar-refractivity contribution in [2.75, 3.05) is 39.9 Å². The molecule has 0 spiro atoms. The maximum atomic E-state index is 11.7. The number of carbonyl (C=O) groups is 2. The molecule has 0 saturated carbocycles. The number of hydrogen-bond donors (Lipinski definition) is 3. The number of nitrogens with one attached hydrogen (secondary N) is 3. The summed E-state index contributed by atoms with van der Waals surface area (Å²) in [5.74, 6) is -0.281. The summed E-state index contributed by atoms with van der Waals surface area (Å²) < 4.78 is 4.80. The topological polar surface area (TPSA) is 82.7 Å². The van der Waals surface area contributed by atoms with Crippen LogP contribution in [-0.4, -0.2) is 68.8 Å². The van der Waals surface area contributed by atoms with Gasteiger partial charge in [0.2, 0.25) is 5.91 Å². The molecule has 2 atom stereocenters. The van der Waals surface area contributed by atoms with Crippen LogP contribution in [-0.2, 0) is 9.53 Å². The Balaban J connectivity index is 2.24. The maximum absolute atomic E-state index is 11.7. The summed E-state index contributed by atoms with van der Waals surface area (Å²) in [4.78, 5) is 25.1. The Morgan fingerprint density at radius 1 is 1.32 bits per heavy atom. The summed E-state index contributed by atoms with van der Waals surface area (Å²) in [5.41, 5.74) is 0. The van der Waals surface area contributed by atoms with Crippen molar-refractivity contribution < 1.29 is 14.3 Å². The number of rotatable bonds is 5. The highest BCUT2D eigenvalue weighted by Crippen LogP contribution is 2.02. The summed E-state index contributed by atoms with van der Waals surface area (Å²) in [5, 5.41) is 8.24. The van der Waals surface area contributed by atoms with Crippen molar-refractivity contribution in [3.63, 3.8) is 0 Å². The number of imide groups is 1.